The molecule has 2 unspecified atom stereocenters. The number of likely N-dealkylation sites (tertiary alicyclic amines) is 1. The monoisotopic (exact) mass is 532 g/mol. The summed E-state index contributed by atoms with van der Waals surface area (Å²) in [6.45, 7) is 5.21. The number of ether oxygens (including phenoxy) is 1. The molecule has 4 aliphatic rings. The van der Waals surface area contributed by atoms with E-state index in [1.807, 2.05) is 47.2 Å². The summed E-state index contributed by atoms with van der Waals surface area (Å²) in [7, 11) is 0. The smallest absolute Gasteiger partial charge is 0.328 e. The van der Waals surface area contributed by atoms with E-state index in [1.165, 1.54) is 6.42 Å². The summed E-state index contributed by atoms with van der Waals surface area (Å²) in [4.78, 5) is 28.7. The van der Waals surface area contributed by atoms with Gasteiger partial charge in [-0.25, -0.2) is 4.79 Å². The van der Waals surface area contributed by atoms with Crippen molar-refractivity contribution in [3.05, 3.63) is 58.3 Å². The van der Waals surface area contributed by atoms with Crippen molar-refractivity contribution in [2.75, 3.05) is 39.3 Å². The largest absolute Gasteiger partial charge is 1.00 e. The molecule has 1 aromatic heterocycles. The molecule has 7 heteroatoms. The number of benzene rings is 1. The molecule has 0 N–H and O–H groups in total. The van der Waals surface area contributed by atoms with E-state index in [-0.39, 0.29) is 40.9 Å². The number of thiophene rings is 1. The molecule has 0 aliphatic carbocycles. The Labute approximate surface area is 211 Å². The molecule has 0 radical (unpaired) electrons. The Bertz CT molecular complexity index is 922. The minimum absolute atomic E-state index is 0. The average Bonchev–Trinajstić information content (AvgIpc) is 3.37. The Balaban J connectivity index is 0.00000259. The van der Waals surface area contributed by atoms with Crippen molar-refractivity contribution in [3.63, 3.8) is 0 Å². The first kappa shape index (κ1) is 24.6. The zero-order valence-corrected chi connectivity index (χ0v) is 21.4. The first-order chi connectivity index (χ1) is 15.6. The van der Waals surface area contributed by atoms with Gasteiger partial charge >= 0.3 is 5.97 Å². The van der Waals surface area contributed by atoms with Gasteiger partial charge in [0.2, 0.25) is 5.78 Å². The molecule has 1 aromatic carbocycles. The first-order valence-corrected chi connectivity index (χ1v) is 13.0. The molecule has 5 nitrogen and oxygen atoms in total. The van der Waals surface area contributed by atoms with Crippen LogP contribution in [0.15, 0.2) is 47.2 Å². The standard InChI is InChI=1S/C26H33N2O3S.BrH/c29-23(22-11-16-32-19-22)17-28-14-9-20(10-15-28)24(18-28)31-26(30)25(21-7-3-1-4-8-21)27-12-5-2-6-13-27;/h1,3-4,7-8,11,16,19-20,24-25H,2,5-6,9-10,12-15,17-18H2;1H/q+1;/p-1. The number of rotatable bonds is 7. The Kier molecular flexibility index (Phi) is 8.05. The van der Waals surface area contributed by atoms with E-state index in [0.29, 0.717) is 12.5 Å². The third-order valence-corrected chi connectivity index (χ3v) is 8.41. The summed E-state index contributed by atoms with van der Waals surface area (Å²) in [5, 5.41) is 3.91. The van der Waals surface area contributed by atoms with Crippen LogP contribution in [0, 0.1) is 5.92 Å². The van der Waals surface area contributed by atoms with Crippen LogP contribution in [0.3, 0.4) is 0 Å². The fourth-order valence-corrected chi connectivity index (χ4v) is 6.58. The second kappa shape index (κ2) is 10.8. The van der Waals surface area contributed by atoms with Crippen LogP contribution in [0.25, 0.3) is 0 Å². The predicted molar refractivity (Wildman–Crippen MR) is 126 cm³/mol. The summed E-state index contributed by atoms with van der Waals surface area (Å²) in [5.74, 6) is 0.527. The van der Waals surface area contributed by atoms with Gasteiger partial charge in [-0.05, 0) is 42.9 Å². The summed E-state index contributed by atoms with van der Waals surface area (Å²) in [5.41, 5.74) is 1.84. The number of piperidine rings is 4. The van der Waals surface area contributed by atoms with Crippen LogP contribution < -0.4 is 17.0 Å². The molecule has 0 saturated carbocycles. The Morgan fingerprint density at radius 3 is 2.45 bits per heavy atom. The highest BCUT2D eigenvalue weighted by Crippen LogP contribution is 2.37. The van der Waals surface area contributed by atoms with E-state index in [9.17, 15) is 9.59 Å². The number of ketones is 1. The van der Waals surface area contributed by atoms with Gasteiger partial charge in [0.15, 0.2) is 6.10 Å². The molecule has 5 heterocycles. The molecule has 0 amide bonds. The van der Waals surface area contributed by atoms with E-state index in [4.69, 9.17) is 4.74 Å². The van der Waals surface area contributed by atoms with Crippen molar-refractivity contribution >= 4 is 23.1 Å². The molecule has 178 valence electrons. The number of fused-ring (bicyclic) bond motifs is 3. The Hall–Kier alpha value is -1.54. The maximum Gasteiger partial charge on any atom is 0.328 e. The minimum atomic E-state index is -0.326. The fourth-order valence-electron chi connectivity index (χ4n) is 5.92. The van der Waals surface area contributed by atoms with Gasteiger partial charge in [-0.2, -0.15) is 11.3 Å². The van der Waals surface area contributed by atoms with Crippen molar-refractivity contribution in [1.82, 2.24) is 4.90 Å². The van der Waals surface area contributed by atoms with Crippen LogP contribution in [0.4, 0.5) is 0 Å². The highest BCUT2D eigenvalue weighted by molar-refractivity contribution is 7.08. The van der Waals surface area contributed by atoms with Crippen molar-refractivity contribution in [1.29, 1.82) is 0 Å². The van der Waals surface area contributed by atoms with Gasteiger partial charge in [-0.1, -0.05) is 36.8 Å². The van der Waals surface area contributed by atoms with Gasteiger partial charge in [0, 0.05) is 29.7 Å². The number of Topliss-reactive ketones (excluding diaryl/α,β-unsaturated/α-hetero) is 1. The molecular formula is C26H33BrN2O3S. The summed E-state index contributed by atoms with van der Waals surface area (Å²) in [6.07, 6.45) is 5.48. The Morgan fingerprint density at radius 2 is 1.79 bits per heavy atom. The molecule has 2 aromatic rings. The molecular weight excluding hydrogens is 500 g/mol. The summed E-state index contributed by atoms with van der Waals surface area (Å²) < 4.78 is 7.05. The third kappa shape index (κ3) is 5.42. The normalized spacial score (nSPS) is 28.0. The molecule has 6 rings (SSSR count). The van der Waals surface area contributed by atoms with Gasteiger partial charge in [0.05, 0.1) is 13.1 Å². The van der Waals surface area contributed by atoms with E-state index in [0.717, 1.165) is 74.0 Å². The van der Waals surface area contributed by atoms with Gasteiger partial charge in [-0.15, -0.1) is 0 Å². The van der Waals surface area contributed by atoms with Crippen LogP contribution in [0.2, 0.25) is 0 Å². The van der Waals surface area contributed by atoms with Gasteiger partial charge in [0.25, 0.3) is 0 Å². The van der Waals surface area contributed by atoms with Crippen LogP contribution in [0.1, 0.15) is 54.1 Å². The number of quaternary nitrogens is 1. The van der Waals surface area contributed by atoms with Crippen molar-refractivity contribution < 1.29 is 35.8 Å². The van der Waals surface area contributed by atoms with Crippen LogP contribution in [-0.2, 0) is 9.53 Å². The van der Waals surface area contributed by atoms with E-state index < -0.39 is 0 Å². The zero-order valence-electron chi connectivity index (χ0n) is 19.0. The van der Waals surface area contributed by atoms with E-state index in [1.54, 1.807) is 11.3 Å². The molecule has 4 saturated heterocycles. The third-order valence-electron chi connectivity index (χ3n) is 7.73. The van der Waals surface area contributed by atoms with Crippen molar-refractivity contribution in [2.24, 2.45) is 5.92 Å². The molecule has 0 spiro atoms. The zero-order chi connectivity index (χ0) is 22.0. The number of esters is 1. The number of hydrogen-bond donors (Lipinski definition) is 0. The van der Waals surface area contributed by atoms with Gasteiger partial charge < -0.3 is 26.2 Å². The van der Waals surface area contributed by atoms with Crippen molar-refractivity contribution in [2.45, 2.75) is 44.2 Å². The number of halogens is 1. The maximum atomic E-state index is 13.6. The first-order valence-electron chi connectivity index (χ1n) is 12.0. The second-order valence-electron chi connectivity index (χ2n) is 9.79. The number of carbonyl (C=O) groups is 2. The van der Waals surface area contributed by atoms with Gasteiger partial charge in [-0.3, -0.25) is 9.69 Å². The summed E-state index contributed by atoms with van der Waals surface area (Å²) >= 11 is 1.57. The maximum absolute atomic E-state index is 13.6. The average molecular weight is 534 g/mol. The number of hydrogen-bond acceptors (Lipinski definition) is 5. The second-order valence-corrected chi connectivity index (χ2v) is 10.6. The lowest BCUT2D eigenvalue weighted by Crippen LogP contribution is -3.00. The topological polar surface area (TPSA) is 46.6 Å². The highest BCUT2D eigenvalue weighted by atomic mass is 79.9. The molecule has 2 bridgehead atoms. The van der Waals surface area contributed by atoms with Gasteiger partial charge in [0.1, 0.15) is 19.1 Å². The number of nitrogens with zero attached hydrogens (tertiary/aromatic N) is 2. The van der Waals surface area contributed by atoms with Crippen LogP contribution >= 0.6 is 11.3 Å². The highest BCUT2D eigenvalue weighted by Gasteiger charge is 2.49. The van der Waals surface area contributed by atoms with E-state index in [2.05, 4.69) is 4.90 Å². The summed E-state index contributed by atoms with van der Waals surface area (Å²) in [6, 6.07) is 11.7. The van der Waals surface area contributed by atoms with Crippen LogP contribution in [0.5, 0.6) is 0 Å². The SMILES string of the molecule is O=C(C[N+]12CCC(CC1)C(OC(=O)C(c1ccccc1)N1CCCCC1)C2)c1ccsc1.[Br-]. The lowest BCUT2D eigenvalue weighted by atomic mass is 9.82. The fraction of sp³-hybridized carbons (Fsp3) is 0.538. The lowest BCUT2D eigenvalue weighted by Gasteiger charge is -2.51. The lowest BCUT2D eigenvalue weighted by molar-refractivity contribution is -0.938. The quantitative estimate of drug-likeness (QED) is 0.306. The number of carbonyl (C=O) groups excluding carboxylic acids is 2. The van der Waals surface area contributed by atoms with Crippen molar-refractivity contribution in [3.8, 4) is 0 Å². The Morgan fingerprint density at radius 1 is 1.06 bits per heavy atom. The predicted octanol–water partition coefficient (Wildman–Crippen LogP) is 1.31. The molecule has 33 heavy (non-hydrogen) atoms. The van der Waals surface area contributed by atoms with Crippen LogP contribution in [-0.4, -0.2) is 66.5 Å². The van der Waals surface area contributed by atoms with E-state index >= 15 is 0 Å². The molecule has 4 fully saturated rings. The molecule has 2 atom stereocenters. The minimum Gasteiger partial charge on any atom is -1.00 e. The molecule has 4 aliphatic heterocycles.